The number of rotatable bonds is 8. The van der Waals surface area contributed by atoms with Crippen molar-refractivity contribution in [1.82, 2.24) is 0 Å². The Labute approximate surface area is 236 Å². The summed E-state index contributed by atoms with van der Waals surface area (Å²) in [6, 6.07) is 17.1. The van der Waals surface area contributed by atoms with Gasteiger partial charge in [-0.3, -0.25) is 0 Å². The average molecular weight is 556 g/mol. The molecule has 0 saturated carbocycles. The molecule has 0 amide bonds. The first kappa shape index (κ1) is 29.8. The molecule has 0 spiro atoms. The van der Waals surface area contributed by atoms with Crippen molar-refractivity contribution < 1.29 is 0 Å². The molecule has 199 valence electrons. The molecule has 0 bridgehead atoms. The van der Waals surface area contributed by atoms with E-state index in [1.54, 1.807) is 0 Å². The molecular formula is C36H51Ge. The van der Waals surface area contributed by atoms with Gasteiger partial charge in [-0.15, -0.1) is 0 Å². The Morgan fingerprint density at radius 2 is 0.703 bits per heavy atom. The van der Waals surface area contributed by atoms with E-state index in [4.69, 9.17) is 0 Å². The van der Waals surface area contributed by atoms with Gasteiger partial charge in [0.05, 0.1) is 0 Å². The zero-order valence-electron chi connectivity index (χ0n) is 25.7. The summed E-state index contributed by atoms with van der Waals surface area (Å²) in [4.78, 5) is 0. The molecule has 0 atom stereocenters. The van der Waals surface area contributed by atoms with Crippen LogP contribution in [0.3, 0.4) is 0 Å². The van der Waals surface area contributed by atoms with Crippen LogP contribution in [0.25, 0.3) is 22.3 Å². The molecule has 0 heterocycles. The van der Waals surface area contributed by atoms with Gasteiger partial charge in [-0.2, -0.15) is 0 Å². The van der Waals surface area contributed by atoms with Crippen LogP contribution in [-0.2, 0) is 0 Å². The molecule has 0 fully saturated rings. The van der Waals surface area contributed by atoms with Crippen LogP contribution in [0.15, 0.2) is 42.5 Å². The van der Waals surface area contributed by atoms with Crippen molar-refractivity contribution in [2.45, 2.75) is 119 Å². The molecule has 0 saturated heterocycles. The Morgan fingerprint density at radius 1 is 0.432 bits per heavy atom. The summed E-state index contributed by atoms with van der Waals surface area (Å²) in [6.07, 6.45) is 0. The van der Waals surface area contributed by atoms with E-state index in [-0.39, 0.29) is 0 Å². The Hall–Kier alpha value is -1.80. The second-order valence-electron chi connectivity index (χ2n) is 12.9. The van der Waals surface area contributed by atoms with Crippen LogP contribution in [-0.4, -0.2) is 16.5 Å². The van der Waals surface area contributed by atoms with Gasteiger partial charge in [-0.05, 0) is 0 Å². The normalized spacial score (nSPS) is 12.3. The van der Waals surface area contributed by atoms with Gasteiger partial charge in [0.1, 0.15) is 0 Å². The summed E-state index contributed by atoms with van der Waals surface area (Å²) >= 11 is 1.15. The first-order chi connectivity index (χ1) is 17.3. The zero-order valence-corrected chi connectivity index (χ0v) is 28.7. The van der Waals surface area contributed by atoms with Crippen molar-refractivity contribution in [2.24, 2.45) is 0 Å². The third kappa shape index (κ3) is 6.11. The van der Waals surface area contributed by atoms with Crippen LogP contribution in [0.5, 0.6) is 0 Å². The first-order valence-electron chi connectivity index (χ1n) is 14.6. The van der Waals surface area contributed by atoms with E-state index in [1.807, 2.05) is 0 Å². The second-order valence-corrected chi connectivity index (χ2v) is 14.4. The summed E-state index contributed by atoms with van der Waals surface area (Å²) in [7, 11) is 0. The number of benzene rings is 3. The Bertz CT molecular complexity index is 1090. The van der Waals surface area contributed by atoms with Crippen LogP contribution >= 0.6 is 0 Å². The third-order valence-electron chi connectivity index (χ3n) is 7.98. The molecule has 0 aliphatic rings. The van der Waals surface area contributed by atoms with Crippen LogP contribution < -0.4 is 4.40 Å². The molecule has 0 aromatic heterocycles. The molecule has 0 nitrogen and oxygen atoms in total. The van der Waals surface area contributed by atoms with Gasteiger partial charge in [0, 0.05) is 0 Å². The van der Waals surface area contributed by atoms with E-state index in [1.165, 1.54) is 60.0 Å². The maximum absolute atomic E-state index is 2.50. The quantitative estimate of drug-likeness (QED) is 0.242. The first-order valence-corrected chi connectivity index (χ1v) is 16.1. The molecule has 3 aromatic carbocycles. The number of hydrogen-bond donors (Lipinski definition) is 0. The van der Waals surface area contributed by atoms with E-state index >= 15 is 0 Å². The van der Waals surface area contributed by atoms with Crippen LogP contribution in [0.2, 0.25) is 0 Å². The summed E-state index contributed by atoms with van der Waals surface area (Å²) in [5, 5.41) is 0. The summed E-state index contributed by atoms with van der Waals surface area (Å²) in [5.41, 5.74) is 14.9. The second kappa shape index (κ2) is 11.9. The average Bonchev–Trinajstić information content (AvgIpc) is 2.82. The fourth-order valence-corrected chi connectivity index (χ4v) is 6.83. The van der Waals surface area contributed by atoms with E-state index in [9.17, 15) is 0 Å². The monoisotopic (exact) mass is 557 g/mol. The minimum absolute atomic E-state index is 0.483. The Morgan fingerprint density at radius 3 is 0.919 bits per heavy atom. The molecule has 3 aromatic rings. The van der Waals surface area contributed by atoms with E-state index in [2.05, 4.69) is 126 Å². The zero-order chi connectivity index (χ0) is 27.8. The number of hydrogen-bond acceptors (Lipinski definition) is 0. The van der Waals surface area contributed by atoms with E-state index in [0.717, 1.165) is 16.5 Å². The van der Waals surface area contributed by atoms with Gasteiger partial charge in [-0.25, -0.2) is 0 Å². The van der Waals surface area contributed by atoms with Crippen molar-refractivity contribution >= 4 is 20.9 Å². The van der Waals surface area contributed by atoms with Crippen LogP contribution in [0.1, 0.15) is 152 Å². The Kier molecular flexibility index (Phi) is 9.60. The van der Waals surface area contributed by atoms with E-state index in [0.29, 0.717) is 35.5 Å². The molecule has 37 heavy (non-hydrogen) atoms. The standard InChI is InChI=1S/C36H51Ge/c1-20(2)26-16-30(22(5)6)34(31(17-26)23(7)8)28-14-13-15-29(36(28)37)35-32(24(9)10)18-27(21(3)4)19-33(35)25(11)12/h13-25H,37H2,1-12H3. The fourth-order valence-electron chi connectivity index (χ4n) is 5.59. The van der Waals surface area contributed by atoms with Gasteiger partial charge >= 0.3 is 238 Å². The van der Waals surface area contributed by atoms with Gasteiger partial charge in [0.2, 0.25) is 0 Å². The van der Waals surface area contributed by atoms with Crippen molar-refractivity contribution in [1.29, 1.82) is 0 Å². The van der Waals surface area contributed by atoms with Crippen LogP contribution in [0, 0.1) is 0 Å². The van der Waals surface area contributed by atoms with Crippen molar-refractivity contribution in [3.8, 4) is 22.3 Å². The maximum atomic E-state index is 2.50. The summed E-state index contributed by atoms with van der Waals surface area (Å²) in [5.74, 6) is 3.00. The predicted octanol–water partition coefficient (Wildman–Crippen LogP) is 10.0. The molecule has 0 N–H and O–H groups in total. The van der Waals surface area contributed by atoms with Crippen molar-refractivity contribution in [3.63, 3.8) is 0 Å². The van der Waals surface area contributed by atoms with Crippen molar-refractivity contribution in [2.75, 3.05) is 0 Å². The van der Waals surface area contributed by atoms with Gasteiger partial charge in [0.15, 0.2) is 0 Å². The minimum atomic E-state index is 0.483. The van der Waals surface area contributed by atoms with Gasteiger partial charge < -0.3 is 0 Å². The Balaban J connectivity index is 2.44. The molecule has 1 radical (unpaired) electrons. The topological polar surface area (TPSA) is 0 Å². The molecule has 0 unspecified atom stereocenters. The third-order valence-corrected chi connectivity index (χ3v) is 9.58. The molecular weight excluding hydrogens is 505 g/mol. The van der Waals surface area contributed by atoms with E-state index < -0.39 is 0 Å². The predicted molar refractivity (Wildman–Crippen MR) is 170 cm³/mol. The molecule has 1 heteroatoms. The molecule has 3 rings (SSSR count). The molecule has 0 aliphatic heterocycles. The van der Waals surface area contributed by atoms with Crippen molar-refractivity contribution in [3.05, 3.63) is 75.8 Å². The van der Waals surface area contributed by atoms with Gasteiger partial charge in [0.25, 0.3) is 0 Å². The fraction of sp³-hybridized carbons (Fsp3) is 0.500. The summed E-state index contributed by atoms with van der Waals surface area (Å²) in [6.45, 7) is 28.2. The van der Waals surface area contributed by atoms with Crippen LogP contribution in [0.4, 0.5) is 0 Å². The molecule has 0 aliphatic carbocycles. The van der Waals surface area contributed by atoms with Gasteiger partial charge in [-0.1, -0.05) is 0 Å². The summed E-state index contributed by atoms with van der Waals surface area (Å²) < 4.78 is 1.53. The SMILES string of the molecule is CC(C)c1cc(C(C)C)c(-c2cccc(-c3c(C(C)C)cc(C(C)C)cc3C(C)C)[c]2[GeH2])c(C(C)C)c1.